The summed E-state index contributed by atoms with van der Waals surface area (Å²) in [5, 5.41) is 13.2. The van der Waals surface area contributed by atoms with Gasteiger partial charge in [0.15, 0.2) is 0 Å². The molecule has 1 aromatic rings. The Hall–Kier alpha value is -1.22. The fourth-order valence-electron chi connectivity index (χ4n) is 2.59. The zero-order valence-corrected chi connectivity index (χ0v) is 10.4. The van der Waals surface area contributed by atoms with Gasteiger partial charge in [0.2, 0.25) is 0 Å². The van der Waals surface area contributed by atoms with Crippen LogP contribution in [0.25, 0.3) is 0 Å². The third-order valence-electron chi connectivity index (χ3n) is 3.77. The Labute approximate surface area is 103 Å². The monoisotopic (exact) mass is 234 g/mol. The molecule has 1 aliphatic rings. The lowest BCUT2D eigenvalue weighted by Gasteiger charge is -2.32. The molecule has 3 nitrogen and oxygen atoms in total. The van der Waals surface area contributed by atoms with Crippen LogP contribution in [0.3, 0.4) is 0 Å². The largest absolute Gasteiger partial charge is 0.508 e. The normalized spacial score (nSPS) is 24.6. The summed E-state index contributed by atoms with van der Waals surface area (Å²) >= 11 is 0. The highest BCUT2D eigenvalue weighted by molar-refractivity contribution is 5.51. The van der Waals surface area contributed by atoms with Crippen LogP contribution in [-0.4, -0.2) is 17.7 Å². The fourth-order valence-corrected chi connectivity index (χ4v) is 2.59. The molecular formula is C14H22N2O. The maximum Gasteiger partial charge on any atom is 0.120 e. The van der Waals surface area contributed by atoms with E-state index in [1.807, 2.05) is 19.1 Å². The van der Waals surface area contributed by atoms with Crippen LogP contribution >= 0.6 is 0 Å². The smallest absolute Gasteiger partial charge is 0.120 e. The van der Waals surface area contributed by atoms with E-state index in [-0.39, 0.29) is 0 Å². The minimum Gasteiger partial charge on any atom is -0.508 e. The Kier molecular flexibility index (Phi) is 3.89. The minimum absolute atomic E-state index is 0.357. The number of benzene rings is 1. The summed E-state index contributed by atoms with van der Waals surface area (Å²) in [5.74, 6) is 0.919. The van der Waals surface area contributed by atoms with Crippen LogP contribution in [0.15, 0.2) is 18.2 Å². The van der Waals surface area contributed by atoms with Crippen molar-refractivity contribution in [3.63, 3.8) is 0 Å². The maximum absolute atomic E-state index is 9.69. The van der Waals surface area contributed by atoms with Gasteiger partial charge < -0.3 is 16.2 Å². The van der Waals surface area contributed by atoms with Gasteiger partial charge in [-0.1, -0.05) is 18.9 Å². The molecule has 1 aromatic carbocycles. The maximum atomic E-state index is 9.69. The average Bonchev–Trinajstić information content (AvgIpc) is 2.34. The number of rotatable bonds is 3. The topological polar surface area (TPSA) is 58.3 Å². The van der Waals surface area contributed by atoms with Crippen LogP contribution in [-0.2, 0) is 0 Å². The number of phenolic OH excluding ortho intramolecular Hbond substituents is 1. The number of anilines is 1. The van der Waals surface area contributed by atoms with Crippen LogP contribution in [0.2, 0.25) is 0 Å². The Balaban J connectivity index is 2.05. The van der Waals surface area contributed by atoms with Gasteiger partial charge >= 0.3 is 0 Å². The molecule has 1 fully saturated rings. The quantitative estimate of drug-likeness (QED) is 0.753. The fraction of sp³-hybridized carbons (Fsp3) is 0.571. The molecule has 0 bridgehead atoms. The van der Waals surface area contributed by atoms with Crippen molar-refractivity contribution in [3.05, 3.63) is 23.8 Å². The lowest BCUT2D eigenvalue weighted by molar-refractivity contribution is 0.332. The number of nitrogens with two attached hydrogens (primary N) is 1. The summed E-state index contributed by atoms with van der Waals surface area (Å²) in [6, 6.07) is 6.23. The second-order valence-corrected chi connectivity index (χ2v) is 5.03. The first kappa shape index (κ1) is 12.2. The van der Waals surface area contributed by atoms with Crippen molar-refractivity contribution in [3.8, 4) is 5.75 Å². The number of hydrogen-bond donors (Lipinski definition) is 3. The third kappa shape index (κ3) is 2.91. The molecule has 0 radical (unpaired) electrons. The van der Waals surface area contributed by atoms with Crippen molar-refractivity contribution in [1.82, 2.24) is 0 Å². The molecule has 0 heterocycles. The van der Waals surface area contributed by atoms with E-state index >= 15 is 0 Å². The lowest BCUT2D eigenvalue weighted by atomic mass is 9.84. The third-order valence-corrected chi connectivity index (χ3v) is 3.77. The van der Waals surface area contributed by atoms with Gasteiger partial charge in [0.05, 0.1) is 0 Å². The van der Waals surface area contributed by atoms with Crippen molar-refractivity contribution < 1.29 is 5.11 Å². The van der Waals surface area contributed by atoms with Gasteiger partial charge in [-0.3, -0.25) is 0 Å². The first-order chi connectivity index (χ1) is 8.20. The van der Waals surface area contributed by atoms with E-state index in [1.165, 1.54) is 25.7 Å². The molecule has 2 rings (SSSR count). The van der Waals surface area contributed by atoms with E-state index < -0.39 is 0 Å². The molecule has 4 N–H and O–H groups in total. The summed E-state index contributed by atoms with van der Waals surface area (Å²) in [5.41, 5.74) is 7.72. The lowest BCUT2D eigenvalue weighted by Crippen LogP contribution is -2.36. The zero-order chi connectivity index (χ0) is 12.3. The highest BCUT2D eigenvalue weighted by Gasteiger charge is 2.23. The van der Waals surface area contributed by atoms with Crippen LogP contribution in [0.5, 0.6) is 5.75 Å². The molecule has 0 aliphatic heterocycles. The van der Waals surface area contributed by atoms with Gasteiger partial charge in [-0.05, 0) is 43.9 Å². The van der Waals surface area contributed by atoms with E-state index in [2.05, 4.69) is 5.32 Å². The molecule has 0 spiro atoms. The molecule has 2 unspecified atom stereocenters. The molecule has 0 aromatic heterocycles. The highest BCUT2D eigenvalue weighted by atomic mass is 16.3. The molecule has 94 valence electrons. The predicted molar refractivity (Wildman–Crippen MR) is 71.3 cm³/mol. The summed E-state index contributed by atoms with van der Waals surface area (Å²) in [7, 11) is 0. The summed E-state index contributed by atoms with van der Waals surface area (Å²) in [4.78, 5) is 0. The molecule has 17 heavy (non-hydrogen) atoms. The highest BCUT2D eigenvalue weighted by Crippen LogP contribution is 2.28. The van der Waals surface area contributed by atoms with Crippen molar-refractivity contribution in [1.29, 1.82) is 0 Å². The Morgan fingerprint density at radius 3 is 2.82 bits per heavy atom. The van der Waals surface area contributed by atoms with E-state index in [9.17, 15) is 5.11 Å². The van der Waals surface area contributed by atoms with Gasteiger partial charge in [-0.2, -0.15) is 0 Å². The van der Waals surface area contributed by atoms with Crippen LogP contribution < -0.4 is 11.1 Å². The molecule has 0 amide bonds. The van der Waals surface area contributed by atoms with Crippen LogP contribution in [0.1, 0.15) is 31.2 Å². The standard InChI is InChI=1S/C14H22N2O/c1-10-6-7-12(8-14(10)17)16-13-5-3-2-4-11(13)9-15/h6-8,11,13,16-17H,2-5,9,15H2,1H3. The van der Waals surface area contributed by atoms with Gasteiger partial charge in [-0.25, -0.2) is 0 Å². The zero-order valence-electron chi connectivity index (χ0n) is 10.4. The average molecular weight is 234 g/mol. The van der Waals surface area contributed by atoms with Crippen molar-refractivity contribution in [2.75, 3.05) is 11.9 Å². The number of aromatic hydroxyl groups is 1. The van der Waals surface area contributed by atoms with Gasteiger partial charge in [0, 0.05) is 17.8 Å². The first-order valence-electron chi connectivity index (χ1n) is 6.47. The Bertz CT molecular complexity index is 378. The summed E-state index contributed by atoms with van der Waals surface area (Å²) in [6.07, 6.45) is 4.95. The second kappa shape index (κ2) is 5.41. The number of phenols is 1. The first-order valence-corrected chi connectivity index (χ1v) is 6.47. The van der Waals surface area contributed by atoms with E-state index in [0.29, 0.717) is 17.7 Å². The van der Waals surface area contributed by atoms with Crippen LogP contribution in [0.4, 0.5) is 5.69 Å². The number of nitrogens with one attached hydrogen (secondary N) is 1. The molecule has 0 saturated heterocycles. The molecule has 3 heteroatoms. The van der Waals surface area contributed by atoms with E-state index in [4.69, 9.17) is 5.73 Å². The van der Waals surface area contributed by atoms with Crippen molar-refractivity contribution in [2.24, 2.45) is 11.7 Å². The molecule has 2 atom stereocenters. The predicted octanol–water partition coefficient (Wildman–Crippen LogP) is 2.63. The molecule has 1 saturated carbocycles. The summed E-state index contributed by atoms with van der Waals surface area (Å²) < 4.78 is 0. The van der Waals surface area contributed by atoms with Gasteiger partial charge in [0.1, 0.15) is 5.75 Å². The van der Waals surface area contributed by atoms with E-state index in [0.717, 1.165) is 17.8 Å². The van der Waals surface area contributed by atoms with Gasteiger partial charge in [0.25, 0.3) is 0 Å². The SMILES string of the molecule is Cc1ccc(NC2CCCCC2CN)cc1O. The molecular weight excluding hydrogens is 212 g/mol. The summed E-state index contributed by atoms with van der Waals surface area (Å²) in [6.45, 7) is 2.65. The van der Waals surface area contributed by atoms with Crippen molar-refractivity contribution >= 4 is 5.69 Å². The molecule has 1 aliphatic carbocycles. The number of aryl methyl sites for hydroxylation is 1. The van der Waals surface area contributed by atoms with Gasteiger partial charge in [-0.15, -0.1) is 0 Å². The minimum atomic E-state index is 0.357. The van der Waals surface area contributed by atoms with Crippen LogP contribution in [0, 0.1) is 12.8 Å². The second-order valence-electron chi connectivity index (χ2n) is 5.03. The number of hydrogen-bond acceptors (Lipinski definition) is 3. The Morgan fingerprint density at radius 1 is 1.35 bits per heavy atom. The van der Waals surface area contributed by atoms with Crippen molar-refractivity contribution in [2.45, 2.75) is 38.6 Å². The van der Waals surface area contributed by atoms with E-state index in [1.54, 1.807) is 6.07 Å². The Morgan fingerprint density at radius 2 is 2.12 bits per heavy atom.